The van der Waals surface area contributed by atoms with Crippen LogP contribution in [0.1, 0.15) is 75.7 Å². The van der Waals surface area contributed by atoms with Crippen LogP contribution in [0.4, 0.5) is 0 Å². The molecule has 3 rings (SSSR count). The third kappa shape index (κ3) is 4.88. The largest absolute Gasteiger partial charge is 0.485 e. The monoisotopic (exact) mass is 455 g/mol. The first kappa shape index (κ1) is 23.6. The van der Waals surface area contributed by atoms with Crippen LogP contribution in [0.5, 0.6) is 5.75 Å². The molecule has 0 bridgehead atoms. The van der Waals surface area contributed by atoms with Crippen molar-refractivity contribution in [3.63, 3.8) is 0 Å². The van der Waals surface area contributed by atoms with Crippen molar-refractivity contribution < 1.29 is 14.3 Å². The van der Waals surface area contributed by atoms with Gasteiger partial charge in [0.1, 0.15) is 12.4 Å². The van der Waals surface area contributed by atoms with Gasteiger partial charge < -0.3 is 15.6 Å². The summed E-state index contributed by atoms with van der Waals surface area (Å²) >= 11 is 1.19. The first-order valence-corrected chi connectivity index (χ1v) is 11.4. The highest BCUT2D eigenvalue weighted by atomic mass is 32.2. The van der Waals surface area contributed by atoms with Crippen LogP contribution < -0.4 is 10.6 Å². The Morgan fingerprint density at radius 1 is 1.22 bits per heavy atom. The Balaban J connectivity index is 1.67. The van der Waals surface area contributed by atoms with Gasteiger partial charge in [-0.15, -0.1) is 10.2 Å². The Morgan fingerprint density at radius 3 is 2.56 bits per heavy atom. The number of hydrogen-bond acceptors (Lipinski definition) is 7. The van der Waals surface area contributed by atoms with E-state index in [0.717, 1.165) is 16.9 Å². The van der Waals surface area contributed by atoms with Crippen molar-refractivity contribution in [3.05, 3.63) is 57.7 Å². The average molecular weight is 456 g/mol. The fraction of sp³-hybridized carbons (Fsp3) is 0.391. The topological polar surface area (TPSA) is 116 Å². The van der Waals surface area contributed by atoms with Crippen LogP contribution in [0, 0.1) is 20.8 Å². The smallest absolute Gasteiger partial charge is 0.210 e. The summed E-state index contributed by atoms with van der Waals surface area (Å²) in [4.78, 5) is 27.5. The second kappa shape index (κ2) is 9.60. The molecule has 0 aliphatic carbocycles. The Kier molecular flexibility index (Phi) is 7.08. The molecule has 0 amide bonds. The minimum atomic E-state index is -0.134. The quantitative estimate of drug-likeness (QED) is 0.283. The maximum Gasteiger partial charge on any atom is 0.210 e. The van der Waals surface area contributed by atoms with Crippen molar-refractivity contribution >= 4 is 23.3 Å². The maximum absolute atomic E-state index is 12.7. The van der Waals surface area contributed by atoms with Gasteiger partial charge in [0.25, 0.3) is 0 Å². The van der Waals surface area contributed by atoms with Gasteiger partial charge in [-0.3, -0.25) is 9.59 Å². The number of H-pyrrole nitrogens is 1. The number of ketones is 2. The summed E-state index contributed by atoms with van der Waals surface area (Å²) in [6.07, 6.45) is 0. The van der Waals surface area contributed by atoms with Gasteiger partial charge in [0.05, 0.1) is 11.4 Å². The van der Waals surface area contributed by atoms with Crippen LogP contribution in [0.25, 0.3) is 0 Å². The molecule has 0 saturated heterocycles. The Morgan fingerprint density at radius 2 is 1.94 bits per heavy atom. The number of hydrogen-bond donors (Lipinski definition) is 2. The Labute approximate surface area is 191 Å². The van der Waals surface area contributed by atoms with Gasteiger partial charge in [-0.05, 0) is 56.4 Å². The van der Waals surface area contributed by atoms with Crippen molar-refractivity contribution in [2.75, 3.05) is 11.6 Å². The summed E-state index contributed by atoms with van der Waals surface area (Å²) in [6, 6.07) is 6.13. The van der Waals surface area contributed by atoms with E-state index in [0.29, 0.717) is 39.4 Å². The van der Waals surface area contributed by atoms with E-state index in [1.807, 2.05) is 13.0 Å². The van der Waals surface area contributed by atoms with Gasteiger partial charge in [0.2, 0.25) is 5.16 Å². The lowest BCUT2D eigenvalue weighted by Gasteiger charge is -2.14. The second-order valence-corrected chi connectivity index (χ2v) is 9.09. The number of carbonyl (C=O) groups excluding carboxylic acids is 2. The van der Waals surface area contributed by atoms with E-state index in [1.54, 1.807) is 13.8 Å². The number of aromatic nitrogens is 4. The molecule has 0 fully saturated rings. The maximum atomic E-state index is 12.7. The summed E-state index contributed by atoms with van der Waals surface area (Å²) in [5, 5.41) is 8.63. The number of thioether (sulfide) groups is 1. The molecule has 2 aromatic heterocycles. The number of Topliss-reactive ketones (excluding diaryl/α,β-unsaturated/α-hetero) is 2. The highest BCUT2D eigenvalue weighted by Gasteiger charge is 2.21. The van der Waals surface area contributed by atoms with Gasteiger partial charge in [0.15, 0.2) is 17.4 Å². The van der Waals surface area contributed by atoms with Crippen LogP contribution in [0.3, 0.4) is 0 Å². The predicted molar refractivity (Wildman–Crippen MR) is 125 cm³/mol. The second-order valence-electron chi connectivity index (χ2n) is 8.15. The van der Waals surface area contributed by atoms with Crippen molar-refractivity contribution in [1.29, 1.82) is 0 Å². The lowest BCUT2D eigenvalue weighted by atomic mass is 10.0. The predicted octanol–water partition coefficient (Wildman–Crippen LogP) is 4.13. The number of aromatic amines is 1. The van der Waals surface area contributed by atoms with Crippen LogP contribution in [-0.4, -0.2) is 37.2 Å². The minimum absolute atomic E-state index is 0.0662. The van der Waals surface area contributed by atoms with Crippen LogP contribution >= 0.6 is 11.8 Å². The number of benzene rings is 1. The molecule has 0 aliphatic heterocycles. The molecule has 3 N–H and O–H groups in total. The highest BCUT2D eigenvalue weighted by molar-refractivity contribution is 7.99. The lowest BCUT2D eigenvalue weighted by Crippen LogP contribution is -2.17. The van der Waals surface area contributed by atoms with E-state index >= 15 is 0 Å². The molecule has 170 valence electrons. The van der Waals surface area contributed by atoms with E-state index < -0.39 is 0 Å². The number of nitrogens with zero attached hydrogens (tertiary/aromatic N) is 3. The minimum Gasteiger partial charge on any atom is -0.485 e. The fourth-order valence-electron chi connectivity index (χ4n) is 3.65. The zero-order valence-corrected chi connectivity index (χ0v) is 20.1. The molecule has 0 spiro atoms. The molecule has 0 atom stereocenters. The summed E-state index contributed by atoms with van der Waals surface area (Å²) in [5.74, 6) is 7.64. The van der Waals surface area contributed by atoms with E-state index in [9.17, 15) is 9.59 Å². The van der Waals surface area contributed by atoms with Crippen LogP contribution in [0.15, 0.2) is 23.4 Å². The molecule has 1 aromatic carbocycles. The standard InChI is InChI=1S/C23H29N5O3S/c1-12(2)17-8-7-13(3)9-19(17)31-10-20-26-27-23(28(20)24)32-11-18(30)22-14(4)21(16(6)29)15(5)25-22/h7-9,12,25H,10-11,24H2,1-6H3. The zero-order chi connectivity index (χ0) is 23.6. The summed E-state index contributed by atoms with van der Waals surface area (Å²) in [5.41, 5.74) is 4.59. The summed E-state index contributed by atoms with van der Waals surface area (Å²) in [7, 11) is 0. The van der Waals surface area contributed by atoms with E-state index in [-0.39, 0.29) is 23.9 Å². The average Bonchev–Trinajstić information content (AvgIpc) is 3.22. The van der Waals surface area contributed by atoms with Crippen LogP contribution in [-0.2, 0) is 6.61 Å². The van der Waals surface area contributed by atoms with Crippen molar-refractivity contribution in [2.24, 2.45) is 0 Å². The number of rotatable bonds is 9. The molecule has 0 saturated carbocycles. The van der Waals surface area contributed by atoms with Gasteiger partial charge in [0, 0.05) is 11.3 Å². The molecule has 3 aromatic rings. The normalized spacial score (nSPS) is 11.2. The summed E-state index contributed by atoms with van der Waals surface area (Å²) < 4.78 is 7.34. The molecular formula is C23H29N5O3S. The Hall–Kier alpha value is -3.07. The van der Waals surface area contributed by atoms with Gasteiger partial charge in [-0.2, -0.15) is 0 Å². The van der Waals surface area contributed by atoms with Crippen molar-refractivity contribution in [2.45, 2.75) is 59.2 Å². The molecular weight excluding hydrogens is 426 g/mol. The first-order valence-electron chi connectivity index (χ1n) is 10.4. The molecule has 32 heavy (non-hydrogen) atoms. The van der Waals surface area contributed by atoms with Gasteiger partial charge in [-0.1, -0.05) is 37.7 Å². The van der Waals surface area contributed by atoms with E-state index in [4.69, 9.17) is 10.6 Å². The number of nitrogen functional groups attached to an aromatic ring is 1. The number of ether oxygens (including phenoxy) is 1. The number of aryl methyl sites for hydroxylation is 2. The number of nitrogens with one attached hydrogen (secondary N) is 1. The Bertz CT molecular complexity index is 1160. The number of carbonyl (C=O) groups is 2. The third-order valence-electron chi connectivity index (χ3n) is 5.28. The van der Waals surface area contributed by atoms with Gasteiger partial charge >= 0.3 is 0 Å². The molecule has 0 unspecified atom stereocenters. The zero-order valence-electron chi connectivity index (χ0n) is 19.3. The molecule has 2 heterocycles. The number of nitrogens with two attached hydrogens (primary N) is 1. The molecule has 0 radical (unpaired) electrons. The molecule has 8 nitrogen and oxygen atoms in total. The van der Waals surface area contributed by atoms with E-state index in [1.165, 1.54) is 23.4 Å². The lowest BCUT2D eigenvalue weighted by molar-refractivity contribution is 0.101. The SMILES string of the molecule is CC(=O)c1c(C)[nH]c(C(=O)CSc2nnc(COc3cc(C)ccc3C(C)C)n2N)c1C. The third-order valence-corrected chi connectivity index (χ3v) is 6.23. The van der Waals surface area contributed by atoms with Crippen LogP contribution in [0.2, 0.25) is 0 Å². The van der Waals surface area contributed by atoms with E-state index in [2.05, 4.69) is 41.2 Å². The first-order chi connectivity index (χ1) is 15.1. The van der Waals surface area contributed by atoms with Crippen molar-refractivity contribution in [1.82, 2.24) is 19.9 Å². The van der Waals surface area contributed by atoms with Crippen molar-refractivity contribution in [3.8, 4) is 5.75 Å². The highest BCUT2D eigenvalue weighted by Crippen LogP contribution is 2.28. The molecule has 9 heteroatoms. The fourth-order valence-corrected chi connectivity index (χ4v) is 4.40. The van der Waals surface area contributed by atoms with Gasteiger partial charge in [-0.25, -0.2) is 4.68 Å². The summed E-state index contributed by atoms with van der Waals surface area (Å²) in [6.45, 7) is 11.5. The molecule has 0 aliphatic rings.